The van der Waals surface area contributed by atoms with Crippen LogP contribution in [0.5, 0.6) is 0 Å². The molecule has 2 rings (SSSR count). The molecule has 1 fully saturated rings. The van der Waals surface area contributed by atoms with Crippen LogP contribution in [0.2, 0.25) is 0 Å². The van der Waals surface area contributed by atoms with Crippen molar-refractivity contribution < 1.29 is 14.0 Å². The van der Waals surface area contributed by atoms with Crippen LogP contribution < -0.4 is 5.32 Å². The topological polar surface area (TPSA) is 46.2 Å². The van der Waals surface area contributed by atoms with Crippen LogP contribution in [0.15, 0.2) is 24.3 Å². The molecule has 3 atom stereocenters. The predicted octanol–water partition coefficient (Wildman–Crippen LogP) is 5.49. The van der Waals surface area contributed by atoms with Crippen LogP contribution in [0.3, 0.4) is 0 Å². The molecule has 0 bridgehead atoms. The maximum Gasteiger partial charge on any atom is 0.224 e. The van der Waals surface area contributed by atoms with Crippen molar-refractivity contribution in [3.05, 3.63) is 35.6 Å². The van der Waals surface area contributed by atoms with Crippen LogP contribution in [0.4, 0.5) is 4.39 Å². The van der Waals surface area contributed by atoms with Gasteiger partial charge in [0, 0.05) is 12.3 Å². The van der Waals surface area contributed by atoms with Gasteiger partial charge < -0.3 is 5.32 Å². The lowest BCUT2D eigenvalue weighted by molar-refractivity contribution is -0.130. The van der Waals surface area contributed by atoms with E-state index < -0.39 is 6.04 Å². The smallest absolute Gasteiger partial charge is 0.224 e. The van der Waals surface area contributed by atoms with Gasteiger partial charge in [0.05, 0.1) is 6.04 Å². The molecule has 148 valence electrons. The van der Waals surface area contributed by atoms with Gasteiger partial charge in [0.1, 0.15) is 5.82 Å². The van der Waals surface area contributed by atoms with Gasteiger partial charge in [0.25, 0.3) is 0 Å². The normalized spacial score (nSPS) is 19.1. The Bertz CT molecular complexity index is 578. The van der Waals surface area contributed by atoms with Gasteiger partial charge in [-0.05, 0) is 35.4 Å². The van der Waals surface area contributed by atoms with Crippen molar-refractivity contribution in [2.75, 3.05) is 0 Å². The van der Waals surface area contributed by atoms with E-state index in [2.05, 4.69) is 5.32 Å². The summed E-state index contributed by atoms with van der Waals surface area (Å²) in [5.74, 6) is -0.429. The quantitative estimate of drug-likeness (QED) is 0.750. The summed E-state index contributed by atoms with van der Waals surface area (Å²) >= 11 is 0. The summed E-state index contributed by atoms with van der Waals surface area (Å²) in [5.41, 5.74) is 0.542. The Balaban J connectivity index is 0.00000146. The highest BCUT2D eigenvalue weighted by molar-refractivity contribution is 5.91. The first kappa shape index (κ1) is 24.3. The van der Waals surface area contributed by atoms with Crippen molar-refractivity contribution in [3.8, 4) is 0 Å². The zero-order chi connectivity index (χ0) is 20.5. The third-order valence-corrected chi connectivity index (χ3v) is 4.23. The maximum absolute atomic E-state index is 13.3. The van der Waals surface area contributed by atoms with E-state index in [0.29, 0.717) is 12.8 Å². The minimum Gasteiger partial charge on any atom is -0.346 e. The molecule has 2 unspecified atom stereocenters. The summed E-state index contributed by atoms with van der Waals surface area (Å²) in [6, 6.07) is 5.92. The molecule has 0 aliphatic heterocycles. The zero-order valence-corrected chi connectivity index (χ0v) is 17.7. The summed E-state index contributed by atoms with van der Waals surface area (Å²) in [4.78, 5) is 24.5. The number of carbonyl (C=O) groups is 2. The number of nitrogens with one attached hydrogen (secondary N) is 1. The van der Waals surface area contributed by atoms with Crippen LogP contribution in [-0.2, 0) is 9.59 Å². The number of hydrogen-bond donors (Lipinski definition) is 1. The Hall–Kier alpha value is -1.71. The molecule has 4 heteroatoms. The molecule has 1 saturated carbocycles. The lowest BCUT2D eigenvalue weighted by Gasteiger charge is -2.30. The molecule has 26 heavy (non-hydrogen) atoms. The highest BCUT2D eigenvalue weighted by Crippen LogP contribution is 2.47. The van der Waals surface area contributed by atoms with Crippen LogP contribution in [0, 0.1) is 17.2 Å². The largest absolute Gasteiger partial charge is 0.346 e. The van der Waals surface area contributed by atoms with Gasteiger partial charge in [0.15, 0.2) is 5.78 Å². The zero-order valence-electron chi connectivity index (χ0n) is 17.7. The van der Waals surface area contributed by atoms with Crippen molar-refractivity contribution in [2.45, 2.75) is 80.2 Å². The van der Waals surface area contributed by atoms with Gasteiger partial charge in [-0.3, -0.25) is 9.59 Å². The van der Waals surface area contributed by atoms with E-state index in [1.54, 1.807) is 13.0 Å². The van der Waals surface area contributed by atoms with Crippen molar-refractivity contribution in [2.24, 2.45) is 11.3 Å². The van der Waals surface area contributed by atoms with Crippen LogP contribution in [0.1, 0.15) is 79.7 Å². The van der Waals surface area contributed by atoms with E-state index in [1.807, 2.05) is 54.5 Å². The lowest BCUT2D eigenvalue weighted by Crippen LogP contribution is -2.49. The second kappa shape index (κ2) is 11.1. The van der Waals surface area contributed by atoms with Gasteiger partial charge in [-0.15, -0.1) is 0 Å². The molecule has 1 aromatic carbocycles. The molecule has 1 aliphatic rings. The lowest BCUT2D eigenvalue weighted by atomic mass is 9.83. The molecule has 0 spiro atoms. The number of Topliss-reactive ketones (excluding diaryl/α,β-unsaturated/α-hetero) is 1. The summed E-state index contributed by atoms with van der Waals surface area (Å²) in [7, 11) is 0. The monoisotopic (exact) mass is 365 g/mol. The Morgan fingerprint density at radius 3 is 2.23 bits per heavy atom. The van der Waals surface area contributed by atoms with Gasteiger partial charge >= 0.3 is 0 Å². The maximum atomic E-state index is 13.3. The van der Waals surface area contributed by atoms with E-state index >= 15 is 0 Å². The number of carbonyl (C=O) groups excluding carboxylic acids is 2. The van der Waals surface area contributed by atoms with Gasteiger partial charge in [-0.1, -0.05) is 67.5 Å². The Morgan fingerprint density at radius 1 is 1.19 bits per heavy atom. The minimum atomic E-state index is -0.473. The van der Waals surface area contributed by atoms with Crippen molar-refractivity contribution in [1.82, 2.24) is 5.32 Å². The van der Waals surface area contributed by atoms with Gasteiger partial charge in [-0.2, -0.15) is 0 Å². The number of rotatable bonds is 5. The second-order valence-electron chi connectivity index (χ2n) is 7.13. The summed E-state index contributed by atoms with van der Waals surface area (Å²) in [6.45, 7) is 15.6. The molecular weight excluding hydrogens is 329 g/mol. The SMILES string of the molecule is CC.CC.CCC(=O)C(NC(=O)C1C[C@H]1c1cccc(F)c1)C(C)(C)C. The molecular formula is C22H36FNO2. The fourth-order valence-electron chi connectivity index (χ4n) is 2.82. The van der Waals surface area contributed by atoms with Crippen LogP contribution in [-0.4, -0.2) is 17.7 Å². The van der Waals surface area contributed by atoms with Gasteiger partial charge in [-0.25, -0.2) is 4.39 Å². The first-order valence-electron chi connectivity index (χ1n) is 9.82. The minimum absolute atomic E-state index is 0.0452. The summed E-state index contributed by atoms with van der Waals surface area (Å²) < 4.78 is 13.3. The standard InChI is InChI=1S/C18H24FNO2.2C2H6/c1-5-15(21)16(18(2,3)4)20-17(22)14-10-13(14)11-7-6-8-12(19)9-11;2*1-2/h6-9,13-14,16H,5,10H2,1-4H3,(H,20,22);2*1-2H3/t13-,14?,16?;;/m0../s1. The van der Waals surface area contributed by atoms with E-state index in [9.17, 15) is 14.0 Å². The van der Waals surface area contributed by atoms with Crippen LogP contribution in [0.25, 0.3) is 0 Å². The number of halogens is 1. The Morgan fingerprint density at radius 2 is 1.77 bits per heavy atom. The van der Waals surface area contributed by atoms with Gasteiger partial charge in [0.2, 0.25) is 5.91 Å². The third-order valence-electron chi connectivity index (χ3n) is 4.23. The molecule has 1 amide bonds. The van der Waals surface area contributed by atoms with Crippen molar-refractivity contribution in [3.63, 3.8) is 0 Å². The number of ketones is 1. The number of hydrogen-bond acceptors (Lipinski definition) is 2. The Labute approximate surface area is 158 Å². The van der Waals surface area contributed by atoms with E-state index in [0.717, 1.165) is 5.56 Å². The molecule has 0 aromatic heterocycles. The van der Waals surface area contributed by atoms with E-state index in [-0.39, 0.29) is 34.8 Å². The average molecular weight is 366 g/mol. The fraction of sp³-hybridized carbons (Fsp3) is 0.636. The first-order chi connectivity index (χ1) is 12.2. The molecule has 1 N–H and O–H groups in total. The average Bonchev–Trinajstić information content (AvgIpc) is 3.42. The summed E-state index contributed by atoms with van der Waals surface area (Å²) in [6.07, 6.45) is 1.12. The van der Waals surface area contributed by atoms with Crippen molar-refractivity contribution >= 4 is 11.7 Å². The third kappa shape index (κ3) is 6.89. The summed E-state index contributed by atoms with van der Waals surface area (Å²) in [5, 5.41) is 2.90. The fourth-order valence-corrected chi connectivity index (χ4v) is 2.82. The van der Waals surface area contributed by atoms with Crippen molar-refractivity contribution in [1.29, 1.82) is 0 Å². The molecule has 0 heterocycles. The Kier molecular flexibility index (Phi) is 10.4. The predicted molar refractivity (Wildman–Crippen MR) is 107 cm³/mol. The molecule has 1 aromatic rings. The highest BCUT2D eigenvalue weighted by Gasteiger charge is 2.45. The first-order valence-corrected chi connectivity index (χ1v) is 9.82. The number of benzene rings is 1. The molecule has 3 nitrogen and oxygen atoms in total. The van der Waals surface area contributed by atoms with Crippen LogP contribution >= 0.6 is 0 Å². The second-order valence-corrected chi connectivity index (χ2v) is 7.13. The molecule has 1 aliphatic carbocycles. The van der Waals surface area contributed by atoms with E-state index in [1.165, 1.54) is 12.1 Å². The van der Waals surface area contributed by atoms with E-state index in [4.69, 9.17) is 0 Å². The highest BCUT2D eigenvalue weighted by atomic mass is 19.1. The molecule has 0 radical (unpaired) electrons. The number of amides is 1. The molecule has 0 saturated heterocycles.